The molecule has 0 bridgehead atoms. The quantitative estimate of drug-likeness (QED) is 0.0142. The van der Waals surface area contributed by atoms with Gasteiger partial charge in [-0.1, -0.05) is 42.5 Å². The van der Waals surface area contributed by atoms with Crippen LogP contribution in [0.2, 0.25) is 0 Å². The number of fused-ring (bicyclic) bond motifs is 1. The van der Waals surface area contributed by atoms with E-state index in [4.69, 9.17) is 40.1 Å². The molecule has 3 aromatic carbocycles. The number of phenolic OH excluding ortho intramolecular Hbond substituents is 2. The second-order valence-corrected chi connectivity index (χ2v) is 17.6. The van der Waals surface area contributed by atoms with Crippen LogP contribution in [0.4, 0.5) is 0 Å². The molecule has 26 nitrogen and oxygen atoms in total. The summed E-state index contributed by atoms with van der Waals surface area (Å²) in [6.45, 7) is 1.46. The third-order valence-corrected chi connectivity index (χ3v) is 11.6. The van der Waals surface area contributed by atoms with Crippen molar-refractivity contribution < 1.29 is 43.8 Å². The van der Waals surface area contributed by atoms with Gasteiger partial charge >= 0.3 is 0 Å². The van der Waals surface area contributed by atoms with Crippen molar-refractivity contribution in [1.82, 2.24) is 36.9 Å². The van der Waals surface area contributed by atoms with Crippen LogP contribution in [-0.4, -0.2) is 130 Å². The highest BCUT2D eigenvalue weighted by atomic mass is 16.3. The minimum absolute atomic E-state index is 0.0170. The zero-order chi connectivity index (χ0) is 55.0. The van der Waals surface area contributed by atoms with Gasteiger partial charge in [0.25, 0.3) is 0 Å². The summed E-state index contributed by atoms with van der Waals surface area (Å²) in [5, 5.41) is 36.6. The first-order chi connectivity index (χ1) is 35.7. The number of nitrogens with zero attached hydrogens (tertiary/aromatic N) is 3. The normalized spacial score (nSPS) is 13.2. The average Bonchev–Trinajstić information content (AvgIpc) is 3.76. The standard InChI is InChI=1S/C49H69N17O9/c1-27(67)61-35(9-4-20-57-47(51)52)42(71)65-39(24-29-14-18-32(69)19-15-29)45(74)62-37(11-6-22-59-49(55)56)44(73)66-40(25-30-26-60-34-8-3-2-7-33(30)34)46(75)63-36(10-5-21-58-48(53)54)43(72)64-38(41(50)70)23-28-12-16-31(68)17-13-28/h2-3,7-8,12-19,26,35-40,60,68-69H,4-6,9-11,20-25H2,1H3,(H2,50,70)(H,61,67)(H,62,74)(H,63,75)(H,64,72)(H,65,71)(H,66,73)(H4,51,52,57)(H4,53,54,58)(H4,55,56,59)/t35-,36-,37-,38-,39-,40-/m0/s1. The molecular weight excluding hydrogens is 971 g/mol. The van der Waals surface area contributed by atoms with Gasteiger partial charge in [0.15, 0.2) is 17.9 Å². The van der Waals surface area contributed by atoms with E-state index in [9.17, 15) is 43.8 Å². The van der Waals surface area contributed by atoms with Crippen LogP contribution in [0.25, 0.3) is 10.9 Å². The van der Waals surface area contributed by atoms with Crippen molar-refractivity contribution in [3.63, 3.8) is 0 Å². The molecule has 7 amide bonds. The number of hydrogen-bond acceptors (Lipinski definition) is 12. The Morgan fingerprint density at radius 1 is 0.480 bits per heavy atom. The Kier molecular flexibility index (Phi) is 22.9. The molecule has 0 unspecified atom stereocenters. The topological polar surface area (TPSA) is 467 Å². The summed E-state index contributed by atoms with van der Waals surface area (Å²) in [5.41, 5.74) is 41.2. The molecule has 26 heteroatoms. The van der Waals surface area contributed by atoms with Crippen LogP contribution in [0.3, 0.4) is 0 Å². The van der Waals surface area contributed by atoms with Crippen LogP contribution in [-0.2, 0) is 52.8 Å². The van der Waals surface area contributed by atoms with Crippen LogP contribution < -0.4 is 72.0 Å². The number of phenols is 2. The fourth-order valence-corrected chi connectivity index (χ4v) is 7.82. The summed E-state index contributed by atoms with van der Waals surface area (Å²) in [4.78, 5) is 112. The number of amides is 7. The Morgan fingerprint density at radius 3 is 1.25 bits per heavy atom. The molecule has 4 aromatic rings. The molecule has 0 fully saturated rings. The highest BCUT2D eigenvalue weighted by molar-refractivity contribution is 5.97. The van der Waals surface area contributed by atoms with E-state index in [1.807, 2.05) is 18.2 Å². The Balaban J connectivity index is 1.70. The molecule has 0 aliphatic heterocycles. The second kappa shape index (κ2) is 29.4. The van der Waals surface area contributed by atoms with E-state index in [2.05, 4.69) is 51.9 Å². The summed E-state index contributed by atoms with van der Waals surface area (Å²) in [6, 6.07) is 11.0. The Hall–Kier alpha value is -9.10. The third-order valence-electron chi connectivity index (χ3n) is 11.6. The molecule has 0 aliphatic carbocycles. The zero-order valence-corrected chi connectivity index (χ0v) is 41.6. The first-order valence-electron chi connectivity index (χ1n) is 24.0. The number of guanidine groups is 3. The van der Waals surface area contributed by atoms with Gasteiger partial charge in [0.05, 0.1) is 0 Å². The van der Waals surface area contributed by atoms with Crippen molar-refractivity contribution in [1.29, 1.82) is 0 Å². The van der Waals surface area contributed by atoms with Crippen LogP contribution in [0.1, 0.15) is 62.1 Å². The summed E-state index contributed by atoms with van der Waals surface area (Å²) < 4.78 is 0. The minimum Gasteiger partial charge on any atom is -0.508 e. The Morgan fingerprint density at radius 2 is 0.840 bits per heavy atom. The number of aromatic amines is 1. The van der Waals surface area contributed by atoms with Crippen molar-refractivity contribution in [3.05, 3.63) is 95.7 Å². The second-order valence-electron chi connectivity index (χ2n) is 17.6. The lowest BCUT2D eigenvalue weighted by Crippen LogP contribution is -2.60. The number of para-hydroxylation sites is 1. The van der Waals surface area contributed by atoms with Gasteiger partial charge in [0, 0.05) is 62.9 Å². The number of hydrogen-bond donors (Lipinski definition) is 16. The van der Waals surface area contributed by atoms with E-state index in [0.29, 0.717) is 16.7 Å². The Labute approximate surface area is 432 Å². The zero-order valence-electron chi connectivity index (χ0n) is 41.6. The van der Waals surface area contributed by atoms with Crippen molar-refractivity contribution in [2.24, 2.45) is 55.1 Å². The number of aromatic nitrogens is 1. The van der Waals surface area contributed by atoms with Crippen LogP contribution in [0.15, 0.2) is 94.0 Å². The summed E-state index contributed by atoms with van der Waals surface area (Å²) in [7, 11) is 0. The fraction of sp³-hybridized carbons (Fsp3) is 0.388. The van der Waals surface area contributed by atoms with E-state index in [0.717, 1.165) is 10.9 Å². The van der Waals surface area contributed by atoms with Gasteiger partial charge in [0.1, 0.15) is 47.8 Å². The third kappa shape index (κ3) is 20.5. The highest BCUT2D eigenvalue weighted by Gasteiger charge is 2.34. The number of nitrogens with one attached hydrogen (secondary N) is 7. The van der Waals surface area contributed by atoms with Crippen molar-refractivity contribution in [2.45, 2.75) is 101 Å². The summed E-state index contributed by atoms with van der Waals surface area (Å²) >= 11 is 0. The van der Waals surface area contributed by atoms with Crippen molar-refractivity contribution in [2.75, 3.05) is 19.6 Å². The SMILES string of the molecule is CC(=O)N[C@@H](CCCN=C(N)N)C(=O)N[C@@H](Cc1ccc(O)cc1)C(=O)N[C@@H](CCCN=C(N)N)C(=O)N[C@@H](Cc1c[nH]c2ccccc12)C(=O)N[C@@H](CCCN=C(N)N)C(=O)N[C@@H](Cc1ccc(O)cc1)C(N)=O. The van der Waals surface area contributed by atoms with Gasteiger partial charge in [-0.25, -0.2) is 0 Å². The number of carbonyl (C=O) groups excluding carboxylic acids is 7. The molecule has 0 radical (unpaired) electrons. The summed E-state index contributed by atoms with van der Waals surface area (Å²) in [6.07, 6.45) is 1.83. The molecule has 0 spiro atoms. The number of H-pyrrole nitrogens is 1. The van der Waals surface area contributed by atoms with Gasteiger partial charge in [-0.2, -0.15) is 0 Å². The number of aromatic hydroxyl groups is 2. The molecule has 6 atom stereocenters. The molecule has 0 saturated carbocycles. The smallest absolute Gasteiger partial charge is 0.243 e. The summed E-state index contributed by atoms with van der Waals surface area (Å²) in [5.74, 6) is -6.14. The molecule has 1 aromatic heterocycles. The first-order valence-corrected chi connectivity index (χ1v) is 24.0. The van der Waals surface area contributed by atoms with E-state index in [1.165, 1.54) is 43.3 Å². The van der Waals surface area contributed by atoms with Crippen LogP contribution in [0.5, 0.6) is 11.5 Å². The number of carbonyl (C=O) groups is 7. The van der Waals surface area contributed by atoms with E-state index in [1.54, 1.807) is 24.4 Å². The van der Waals surface area contributed by atoms with Gasteiger partial charge in [-0.3, -0.25) is 48.5 Å². The largest absolute Gasteiger partial charge is 0.508 e. The maximum Gasteiger partial charge on any atom is 0.243 e. The number of aliphatic imine (C=N–C) groups is 3. The molecule has 0 saturated heterocycles. The van der Waals surface area contributed by atoms with Gasteiger partial charge in [-0.15, -0.1) is 0 Å². The number of primary amides is 1. The maximum atomic E-state index is 14.7. The van der Waals surface area contributed by atoms with Gasteiger partial charge < -0.3 is 87.2 Å². The average molecular weight is 1040 g/mol. The number of nitrogens with two attached hydrogens (primary N) is 7. The predicted molar refractivity (Wildman–Crippen MR) is 282 cm³/mol. The highest BCUT2D eigenvalue weighted by Crippen LogP contribution is 2.20. The molecule has 1 heterocycles. The predicted octanol–water partition coefficient (Wildman–Crippen LogP) is -2.82. The van der Waals surface area contributed by atoms with Crippen molar-refractivity contribution >= 4 is 70.1 Å². The lowest BCUT2D eigenvalue weighted by atomic mass is 10.0. The van der Waals surface area contributed by atoms with Crippen LogP contribution >= 0.6 is 0 Å². The van der Waals surface area contributed by atoms with Gasteiger partial charge in [-0.05, 0) is 85.5 Å². The molecular formula is C49H69N17O9. The Bertz CT molecular complexity index is 2660. The number of benzene rings is 3. The maximum absolute atomic E-state index is 14.7. The van der Waals surface area contributed by atoms with E-state index >= 15 is 0 Å². The van der Waals surface area contributed by atoms with Crippen molar-refractivity contribution in [3.8, 4) is 11.5 Å². The first kappa shape index (κ1) is 58.5. The fourth-order valence-electron chi connectivity index (χ4n) is 7.82. The minimum atomic E-state index is -1.43. The lowest BCUT2D eigenvalue weighted by molar-refractivity contribution is -0.135. The molecule has 4 rings (SSSR count). The van der Waals surface area contributed by atoms with Gasteiger partial charge in [0.2, 0.25) is 41.4 Å². The molecule has 404 valence electrons. The van der Waals surface area contributed by atoms with E-state index < -0.39 is 77.6 Å². The molecule has 0 aliphatic rings. The lowest BCUT2D eigenvalue weighted by Gasteiger charge is -2.28. The monoisotopic (exact) mass is 1040 g/mol. The number of rotatable bonds is 30. The van der Waals surface area contributed by atoms with Crippen LogP contribution in [0, 0.1) is 0 Å². The molecule has 75 heavy (non-hydrogen) atoms. The van der Waals surface area contributed by atoms with E-state index in [-0.39, 0.29) is 107 Å². The molecule has 23 N–H and O–H groups in total.